The third-order valence-electron chi connectivity index (χ3n) is 3.65. The lowest BCUT2D eigenvalue weighted by atomic mass is 9.96. The van der Waals surface area contributed by atoms with E-state index in [2.05, 4.69) is 15.6 Å². The minimum Gasteiger partial charge on any atom is -0.394 e. The Kier molecular flexibility index (Phi) is 5.12. The fourth-order valence-electron chi connectivity index (χ4n) is 2.39. The van der Waals surface area contributed by atoms with Gasteiger partial charge in [-0.2, -0.15) is 0 Å². The van der Waals surface area contributed by atoms with Crippen molar-refractivity contribution in [1.82, 2.24) is 20.3 Å². The molecule has 4 N–H and O–H groups in total. The van der Waals surface area contributed by atoms with Gasteiger partial charge in [-0.15, -0.1) is 5.10 Å². The third-order valence-corrected chi connectivity index (χ3v) is 3.65. The molecule has 5 atom stereocenters. The Morgan fingerprint density at radius 1 is 1.45 bits per heavy atom. The number of aliphatic hydroxyl groups is 3. The summed E-state index contributed by atoms with van der Waals surface area (Å²) < 4.78 is 6.98. The Balaban J connectivity index is 2.31. The van der Waals surface area contributed by atoms with E-state index in [4.69, 9.17) is 4.74 Å². The minimum absolute atomic E-state index is 0.153. The predicted molar refractivity (Wildman–Crippen MR) is 74.7 cm³/mol. The van der Waals surface area contributed by atoms with Crippen LogP contribution >= 0.6 is 0 Å². The number of hydrogen-bond donors (Lipinski definition) is 4. The van der Waals surface area contributed by atoms with E-state index in [0.29, 0.717) is 0 Å². The third kappa shape index (κ3) is 3.27. The number of nitrogens with zero attached hydrogens (tertiary/aromatic N) is 3. The van der Waals surface area contributed by atoms with E-state index < -0.39 is 37.2 Å². The van der Waals surface area contributed by atoms with Crippen LogP contribution in [0.5, 0.6) is 0 Å². The maximum absolute atomic E-state index is 11.4. The van der Waals surface area contributed by atoms with Gasteiger partial charge in [-0.1, -0.05) is 19.1 Å². The van der Waals surface area contributed by atoms with Crippen LogP contribution in [0, 0.1) is 0 Å². The van der Waals surface area contributed by atoms with Gasteiger partial charge in [0, 0.05) is 6.92 Å². The summed E-state index contributed by atoms with van der Waals surface area (Å²) in [5.74, 6) is -0.225. The molecule has 1 amide bonds. The maximum atomic E-state index is 11.4. The van der Waals surface area contributed by atoms with Gasteiger partial charge in [-0.3, -0.25) is 4.79 Å². The second kappa shape index (κ2) is 6.69. The van der Waals surface area contributed by atoms with Gasteiger partial charge >= 0.3 is 0 Å². The molecule has 0 saturated carbocycles. The molecular formula is C13H22N4O5. The van der Waals surface area contributed by atoms with Gasteiger partial charge in [0.1, 0.15) is 24.4 Å². The highest BCUT2D eigenvalue weighted by Gasteiger charge is 2.46. The molecule has 0 aromatic carbocycles. The molecule has 5 unspecified atom stereocenters. The lowest BCUT2D eigenvalue weighted by molar-refractivity contribution is -0.219. The fourth-order valence-corrected chi connectivity index (χ4v) is 2.39. The van der Waals surface area contributed by atoms with Crippen LogP contribution in [0.2, 0.25) is 0 Å². The van der Waals surface area contributed by atoms with E-state index >= 15 is 0 Å². The zero-order valence-corrected chi connectivity index (χ0v) is 12.7. The summed E-state index contributed by atoms with van der Waals surface area (Å²) in [6.45, 7) is 4.75. The molecule has 0 aliphatic carbocycles. The molecule has 0 spiro atoms. The number of carbonyl (C=O) groups is 1. The van der Waals surface area contributed by atoms with E-state index in [1.54, 1.807) is 6.20 Å². The van der Waals surface area contributed by atoms with Gasteiger partial charge in [-0.25, -0.2) is 4.68 Å². The molecule has 1 fully saturated rings. The Bertz CT molecular complexity index is 520. The zero-order chi connectivity index (χ0) is 16.4. The summed E-state index contributed by atoms with van der Waals surface area (Å²) >= 11 is 0. The average Bonchev–Trinajstić information content (AvgIpc) is 2.94. The van der Waals surface area contributed by atoms with Crippen molar-refractivity contribution in [3.8, 4) is 0 Å². The molecule has 2 rings (SSSR count). The SMILES string of the molecule is CC(=O)NC1C(O)C(O)C(CO)OC1n1cc(C(C)C)nn1. The van der Waals surface area contributed by atoms with Crippen LogP contribution in [-0.2, 0) is 9.53 Å². The number of rotatable bonds is 4. The Morgan fingerprint density at radius 2 is 2.14 bits per heavy atom. The van der Waals surface area contributed by atoms with E-state index in [9.17, 15) is 20.1 Å². The number of nitrogens with one attached hydrogen (secondary N) is 1. The van der Waals surface area contributed by atoms with Gasteiger partial charge in [0.25, 0.3) is 0 Å². The number of amides is 1. The number of aromatic nitrogens is 3. The first-order valence-electron chi connectivity index (χ1n) is 7.16. The van der Waals surface area contributed by atoms with Gasteiger partial charge in [0.05, 0.1) is 18.5 Å². The molecule has 1 aromatic rings. The van der Waals surface area contributed by atoms with Crippen molar-refractivity contribution in [2.24, 2.45) is 0 Å². The van der Waals surface area contributed by atoms with E-state index in [1.165, 1.54) is 11.6 Å². The van der Waals surface area contributed by atoms with E-state index in [0.717, 1.165) is 5.69 Å². The molecule has 22 heavy (non-hydrogen) atoms. The van der Waals surface area contributed by atoms with Gasteiger partial charge in [0.2, 0.25) is 5.91 Å². The fraction of sp³-hybridized carbons (Fsp3) is 0.769. The number of carbonyl (C=O) groups excluding carboxylic acids is 1. The van der Waals surface area contributed by atoms with Crippen molar-refractivity contribution in [3.05, 3.63) is 11.9 Å². The zero-order valence-electron chi connectivity index (χ0n) is 12.7. The second-order valence-electron chi connectivity index (χ2n) is 5.73. The van der Waals surface area contributed by atoms with Crippen LogP contribution in [0.4, 0.5) is 0 Å². The van der Waals surface area contributed by atoms with Crippen LogP contribution in [0.15, 0.2) is 6.20 Å². The summed E-state index contributed by atoms with van der Waals surface area (Å²) in [5.41, 5.74) is 0.728. The summed E-state index contributed by atoms with van der Waals surface area (Å²) in [4.78, 5) is 11.4. The molecule has 2 heterocycles. The van der Waals surface area contributed by atoms with E-state index in [1.807, 2.05) is 13.8 Å². The summed E-state index contributed by atoms with van der Waals surface area (Å²) in [6, 6.07) is -0.906. The van der Waals surface area contributed by atoms with Gasteiger partial charge in [0.15, 0.2) is 6.23 Å². The first kappa shape index (κ1) is 16.8. The molecule has 0 bridgehead atoms. The molecule has 1 aliphatic heterocycles. The summed E-state index contributed by atoms with van der Waals surface area (Å²) in [7, 11) is 0. The number of ether oxygens (including phenoxy) is 1. The lowest BCUT2D eigenvalue weighted by Crippen LogP contribution is -2.62. The smallest absolute Gasteiger partial charge is 0.217 e. The summed E-state index contributed by atoms with van der Waals surface area (Å²) in [6.07, 6.45) is -2.81. The largest absolute Gasteiger partial charge is 0.394 e. The monoisotopic (exact) mass is 314 g/mol. The van der Waals surface area contributed by atoms with Crippen molar-refractivity contribution in [3.63, 3.8) is 0 Å². The highest BCUT2D eigenvalue weighted by Crippen LogP contribution is 2.28. The summed E-state index contributed by atoms with van der Waals surface area (Å²) in [5, 5.41) is 40.0. The van der Waals surface area contributed by atoms with Crippen LogP contribution in [0.3, 0.4) is 0 Å². The maximum Gasteiger partial charge on any atom is 0.217 e. The molecule has 1 saturated heterocycles. The molecule has 9 heteroatoms. The van der Waals surface area contributed by atoms with Crippen LogP contribution < -0.4 is 5.32 Å². The predicted octanol–water partition coefficient (Wildman–Crippen LogP) is -1.48. The number of aliphatic hydroxyl groups excluding tert-OH is 3. The quantitative estimate of drug-likeness (QED) is 0.533. The van der Waals surface area contributed by atoms with Crippen LogP contribution in [-0.4, -0.2) is 67.2 Å². The molecular weight excluding hydrogens is 292 g/mol. The Morgan fingerprint density at radius 3 is 2.64 bits per heavy atom. The first-order chi connectivity index (χ1) is 10.3. The topological polar surface area (TPSA) is 130 Å². The van der Waals surface area contributed by atoms with Crippen molar-refractivity contribution in [2.75, 3.05) is 6.61 Å². The van der Waals surface area contributed by atoms with Crippen molar-refractivity contribution in [1.29, 1.82) is 0 Å². The van der Waals surface area contributed by atoms with Gasteiger partial charge < -0.3 is 25.4 Å². The van der Waals surface area contributed by atoms with E-state index in [-0.39, 0.29) is 11.8 Å². The van der Waals surface area contributed by atoms with Crippen molar-refractivity contribution < 1.29 is 24.9 Å². The number of hydrogen-bond acceptors (Lipinski definition) is 7. The molecule has 1 aromatic heterocycles. The molecule has 1 aliphatic rings. The Labute approximate surface area is 127 Å². The highest BCUT2D eigenvalue weighted by atomic mass is 16.5. The normalized spacial score (nSPS) is 32.2. The highest BCUT2D eigenvalue weighted by molar-refractivity contribution is 5.73. The molecule has 0 radical (unpaired) electrons. The standard InChI is InChI=1S/C13H22N4O5/c1-6(2)8-4-17(16-15-8)13-10(14-7(3)19)12(21)11(20)9(5-18)22-13/h4,6,9-13,18,20-21H,5H2,1-3H3,(H,14,19). The first-order valence-corrected chi connectivity index (χ1v) is 7.16. The molecule has 124 valence electrons. The van der Waals surface area contributed by atoms with Crippen molar-refractivity contribution >= 4 is 5.91 Å². The second-order valence-corrected chi connectivity index (χ2v) is 5.73. The average molecular weight is 314 g/mol. The van der Waals surface area contributed by atoms with Gasteiger partial charge in [-0.05, 0) is 5.92 Å². The molecule has 9 nitrogen and oxygen atoms in total. The van der Waals surface area contributed by atoms with Crippen LogP contribution in [0.1, 0.15) is 38.6 Å². The van der Waals surface area contributed by atoms with Crippen molar-refractivity contribution in [2.45, 2.75) is 57.3 Å². The van der Waals surface area contributed by atoms with Crippen LogP contribution in [0.25, 0.3) is 0 Å². The Hall–Kier alpha value is -1.55. The lowest BCUT2D eigenvalue weighted by Gasteiger charge is -2.42. The minimum atomic E-state index is -1.31.